The van der Waals surface area contributed by atoms with Gasteiger partial charge in [0.1, 0.15) is 17.3 Å². The fourth-order valence-corrected chi connectivity index (χ4v) is 3.36. The van der Waals surface area contributed by atoms with Crippen LogP contribution in [0.15, 0.2) is 18.2 Å². The highest BCUT2D eigenvalue weighted by atomic mass is 31.2. The minimum absolute atomic E-state index is 0.0183. The van der Waals surface area contributed by atoms with Crippen LogP contribution in [0.1, 0.15) is 25.2 Å². The molecule has 0 aromatic heterocycles. The Kier molecular flexibility index (Phi) is 6.25. The van der Waals surface area contributed by atoms with Crippen molar-refractivity contribution in [3.8, 4) is 11.5 Å². The van der Waals surface area contributed by atoms with Crippen LogP contribution in [0.5, 0.6) is 11.5 Å². The maximum Gasteiger partial charge on any atom is 0.573 e. The number of nitrogens with two attached hydrogens (primary N) is 1. The van der Waals surface area contributed by atoms with Crippen LogP contribution in [0.4, 0.5) is 13.2 Å². The van der Waals surface area contributed by atoms with Gasteiger partial charge in [-0.05, 0) is 32.0 Å². The number of aromatic hydroxyl groups is 1. The molecule has 1 aromatic rings. The summed E-state index contributed by atoms with van der Waals surface area (Å²) in [6.45, 7) is 3.15. The second kappa shape index (κ2) is 7.32. The first-order chi connectivity index (χ1) is 10.1. The molecule has 6 nitrogen and oxygen atoms in total. The van der Waals surface area contributed by atoms with Crippen LogP contribution in [0, 0.1) is 0 Å². The van der Waals surface area contributed by atoms with Crippen molar-refractivity contribution in [3.63, 3.8) is 0 Å². The lowest BCUT2D eigenvalue weighted by Gasteiger charge is -2.24. The molecule has 1 rings (SSSR count). The van der Waals surface area contributed by atoms with Crippen LogP contribution < -0.4 is 10.5 Å². The van der Waals surface area contributed by atoms with Crippen molar-refractivity contribution in [3.05, 3.63) is 23.8 Å². The number of phenols is 1. The minimum Gasteiger partial charge on any atom is -0.508 e. The van der Waals surface area contributed by atoms with Crippen molar-refractivity contribution < 1.29 is 36.6 Å². The molecular formula is C12H17F3NO5P. The monoisotopic (exact) mass is 343 g/mol. The second-order valence-electron chi connectivity index (χ2n) is 4.09. The fourth-order valence-electron chi connectivity index (χ4n) is 1.69. The molecule has 0 fully saturated rings. The maximum absolute atomic E-state index is 12.5. The van der Waals surface area contributed by atoms with Crippen LogP contribution in [-0.2, 0) is 13.6 Å². The quantitative estimate of drug-likeness (QED) is 0.736. The first kappa shape index (κ1) is 18.8. The van der Waals surface area contributed by atoms with E-state index in [1.54, 1.807) is 13.8 Å². The number of alkyl halides is 3. The average molecular weight is 343 g/mol. The van der Waals surface area contributed by atoms with Gasteiger partial charge in [-0.3, -0.25) is 4.57 Å². The van der Waals surface area contributed by atoms with Gasteiger partial charge in [-0.15, -0.1) is 13.2 Å². The predicted molar refractivity (Wildman–Crippen MR) is 72.6 cm³/mol. The zero-order valence-electron chi connectivity index (χ0n) is 12.0. The maximum atomic E-state index is 12.5. The standard InChI is InChI=1S/C12H17F3NO5P/c1-3-19-22(18,20-4-2)11(16)9-7-8(5-6-10(9)17)21-12(13,14)15/h5-7,11,17H,3-4,16H2,1-2H3/t11-/m0/s1. The Bertz CT molecular complexity index is 542. The van der Waals surface area contributed by atoms with E-state index in [0.29, 0.717) is 0 Å². The summed E-state index contributed by atoms with van der Waals surface area (Å²) in [5.41, 5.74) is 5.54. The molecule has 3 N–H and O–H groups in total. The third-order valence-electron chi connectivity index (χ3n) is 2.51. The number of hydrogen-bond donors (Lipinski definition) is 2. The van der Waals surface area contributed by atoms with Gasteiger partial charge in [0.15, 0.2) is 0 Å². The SMILES string of the molecule is CCOP(=O)(OCC)[C@H](N)c1cc(OC(F)(F)F)ccc1O. The molecule has 0 aliphatic carbocycles. The van der Waals surface area contributed by atoms with Crippen molar-refractivity contribution >= 4 is 7.60 Å². The zero-order chi connectivity index (χ0) is 17.0. The third kappa shape index (κ3) is 4.88. The predicted octanol–water partition coefficient (Wildman–Crippen LogP) is 3.51. The van der Waals surface area contributed by atoms with Crippen molar-refractivity contribution in [2.75, 3.05) is 13.2 Å². The van der Waals surface area contributed by atoms with E-state index in [9.17, 15) is 22.8 Å². The fraction of sp³-hybridized carbons (Fsp3) is 0.500. The van der Waals surface area contributed by atoms with Crippen LogP contribution in [0.3, 0.4) is 0 Å². The molecule has 0 bridgehead atoms. The minimum atomic E-state index is -4.90. The van der Waals surface area contributed by atoms with Gasteiger partial charge in [0, 0.05) is 5.56 Å². The van der Waals surface area contributed by atoms with Gasteiger partial charge in [0.05, 0.1) is 13.2 Å². The molecule has 0 radical (unpaired) electrons. The highest BCUT2D eigenvalue weighted by Gasteiger charge is 2.37. The van der Waals surface area contributed by atoms with Crippen molar-refractivity contribution in [2.24, 2.45) is 5.73 Å². The summed E-state index contributed by atoms with van der Waals surface area (Å²) in [6, 6.07) is 2.71. The van der Waals surface area contributed by atoms with Gasteiger partial charge in [0.2, 0.25) is 0 Å². The molecule has 0 unspecified atom stereocenters. The van der Waals surface area contributed by atoms with Gasteiger partial charge in [-0.25, -0.2) is 0 Å². The van der Waals surface area contributed by atoms with E-state index < -0.39 is 31.2 Å². The summed E-state index contributed by atoms with van der Waals surface area (Å²) in [5, 5.41) is 9.75. The normalized spacial score (nSPS) is 13.9. The molecule has 0 amide bonds. The summed E-state index contributed by atoms with van der Waals surface area (Å²) in [6.07, 6.45) is -4.90. The largest absolute Gasteiger partial charge is 0.573 e. The highest BCUT2D eigenvalue weighted by Crippen LogP contribution is 2.59. The number of benzene rings is 1. The Morgan fingerprint density at radius 1 is 1.27 bits per heavy atom. The van der Waals surface area contributed by atoms with Gasteiger partial charge < -0.3 is 24.6 Å². The van der Waals surface area contributed by atoms with Crippen LogP contribution in [0.25, 0.3) is 0 Å². The molecule has 22 heavy (non-hydrogen) atoms. The lowest BCUT2D eigenvalue weighted by Crippen LogP contribution is -2.18. The number of hydrogen-bond acceptors (Lipinski definition) is 6. The summed E-state index contributed by atoms with van der Waals surface area (Å²) in [4.78, 5) is 0. The molecule has 0 spiro atoms. The second-order valence-corrected chi connectivity index (χ2v) is 6.24. The van der Waals surface area contributed by atoms with E-state index >= 15 is 0 Å². The van der Waals surface area contributed by atoms with Crippen LogP contribution in [-0.4, -0.2) is 24.7 Å². The van der Waals surface area contributed by atoms with Crippen LogP contribution in [0.2, 0.25) is 0 Å². The topological polar surface area (TPSA) is 91.0 Å². The van der Waals surface area contributed by atoms with E-state index in [4.69, 9.17) is 14.8 Å². The smallest absolute Gasteiger partial charge is 0.508 e. The Labute approximate surface area is 125 Å². The van der Waals surface area contributed by atoms with E-state index in [0.717, 1.165) is 18.2 Å². The molecule has 10 heteroatoms. The van der Waals surface area contributed by atoms with E-state index in [2.05, 4.69) is 4.74 Å². The lowest BCUT2D eigenvalue weighted by molar-refractivity contribution is -0.274. The van der Waals surface area contributed by atoms with Crippen LogP contribution >= 0.6 is 7.60 Å². The van der Waals surface area contributed by atoms with E-state index in [1.807, 2.05) is 0 Å². The number of phenolic OH excluding ortho intramolecular Hbond substituents is 1. The Hall–Kier alpha value is -1.28. The summed E-state index contributed by atoms with van der Waals surface area (Å²) in [7, 11) is -3.85. The Morgan fingerprint density at radius 3 is 2.27 bits per heavy atom. The molecule has 126 valence electrons. The van der Waals surface area contributed by atoms with Crippen molar-refractivity contribution in [1.29, 1.82) is 0 Å². The van der Waals surface area contributed by atoms with E-state index in [1.165, 1.54) is 0 Å². The van der Waals surface area contributed by atoms with Gasteiger partial charge in [-0.1, -0.05) is 0 Å². The summed E-state index contributed by atoms with van der Waals surface area (Å²) >= 11 is 0. The average Bonchev–Trinajstić information content (AvgIpc) is 2.39. The molecule has 0 heterocycles. The first-order valence-electron chi connectivity index (χ1n) is 6.36. The number of ether oxygens (including phenoxy) is 1. The van der Waals surface area contributed by atoms with Gasteiger partial charge >= 0.3 is 14.0 Å². The Morgan fingerprint density at radius 2 is 1.82 bits per heavy atom. The zero-order valence-corrected chi connectivity index (χ0v) is 12.9. The molecule has 0 aliphatic heterocycles. The van der Waals surface area contributed by atoms with Crippen molar-refractivity contribution in [1.82, 2.24) is 0 Å². The third-order valence-corrected chi connectivity index (χ3v) is 4.71. The van der Waals surface area contributed by atoms with Crippen molar-refractivity contribution in [2.45, 2.75) is 26.0 Å². The molecule has 0 saturated carbocycles. The summed E-state index contributed by atoms with van der Waals surface area (Å²) in [5.74, 6) is -2.50. The van der Waals surface area contributed by atoms with Gasteiger partial charge in [-0.2, -0.15) is 0 Å². The Balaban J connectivity index is 3.17. The molecular weight excluding hydrogens is 326 g/mol. The summed E-state index contributed by atoms with van der Waals surface area (Å²) < 4.78 is 63.0. The van der Waals surface area contributed by atoms with E-state index in [-0.39, 0.29) is 18.8 Å². The number of rotatable bonds is 7. The molecule has 0 saturated heterocycles. The molecule has 0 aliphatic rings. The highest BCUT2D eigenvalue weighted by molar-refractivity contribution is 7.54. The molecule has 1 atom stereocenters. The first-order valence-corrected chi connectivity index (χ1v) is 7.97. The number of halogens is 3. The lowest BCUT2D eigenvalue weighted by atomic mass is 10.2. The molecule has 1 aromatic carbocycles. The van der Waals surface area contributed by atoms with Gasteiger partial charge in [0.25, 0.3) is 0 Å².